The topological polar surface area (TPSA) is 12.5 Å². The molecule has 64 valence electrons. The number of piperidine rings is 1. The number of rotatable bonds is 0. The molecule has 0 saturated carbocycles. The van der Waals surface area contributed by atoms with Crippen molar-refractivity contribution in [2.24, 2.45) is 5.92 Å². The van der Waals surface area contributed by atoms with Crippen LogP contribution in [0.3, 0.4) is 0 Å². The third kappa shape index (κ3) is 1.42. The van der Waals surface area contributed by atoms with Gasteiger partial charge in [0.25, 0.3) is 0 Å². The van der Waals surface area contributed by atoms with E-state index in [9.17, 15) is 0 Å². The molecule has 2 aliphatic heterocycles. The Morgan fingerprint density at radius 3 is 2.91 bits per heavy atom. The monoisotopic (exact) mass is 155 g/mol. The number of fused-ring (bicyclic) bond motifs is 1. The van der Waals surface area contributed by atoms with E-state index >= 15 is 0 Å². The van der Waals surface area contributed by atoms with Crippen LogP contribution in [0, 0.1) is 5.92 Å². The van der Waals surface area contributed by atoms with Gasteiger partial charge in [0, 0.05) is 19.7 Å². The molecule has 0 aromatic carbocycles. The van der Waals surface area contributed by atoms with Crippen molar-refractivity contribution in [3.8, 4) is 0 Å². The zero-order valence-electron chi connectivity index (χ0n) is 7.25. The van der Waals surface area contributed by atoms with E-state index in [1.54, 1.807) is 0 Å². The van der Waals surface area contributed by atoms with E-state index in [-0.39, 0.29) is 0 Å². The maximum Gasteiger partial charge on any atom is 0.113 e. The summed E-state index contributed by atoms with van der Waals surface area (Å²) >= 11 is 0. The van der Waals surface area contributed by atoms with E-state index in [4.69, 9.17) is 4.74 Å². The van der Waals surface area contributed by atoms with Crippen molar-refractivity contribution >= 4 is 0 Å². The fourth-order valence-electron chi connectivity index (χ4n) is 2.23. The molecule has 2 heterocycles. The summed E-state index contributed by atoms with van der Waals surface area (Å²) in [6.07, 6.45) is 4.39. The van der Waals surface area contributed by atoms with Crippen LogP contribution in [0.25, 0.3) is 0 Å². The van der Waals surface area contributed by atoms with Crippen LogP contribution in [-0.2, 0) is 4.74 Å². The highest BCUT2D eigenvalue weighted by Gasteiger charge is 2.30. The van der Waals surface area contributed by atoms with E-state index in [0.717, 1.165) is 12.5 Å². The summed E-state index contributed by atoms with van der Waals surface area (Å²) in [6, 6.07) is 0. The highest BCUT2D eigenvalue weighted by Crippen LogP contribution is 2.26. The van der Waals surface area contributed by atoms with Crippen molar-refractivity contribution in [2.75, 3.05) is 19.7 Å². The van der Waals surface area contributed by atoms with E-state index in [1.165, 1.54) is 32.4 Å². The molecule has 2 fully saturated rings. The molecule has 0 aromatic rings. The lowest BCUT2D eigenvalue weighted by Crippen LogP contribution is -2.49. The fraction of sp³-hybridized carbons (Fsp3) is 1.00. The molecular formula is C9H17NO. The van der Waals surface area contributed by atoms with Crippen LogP contribution in [0.5, 0.6) is 0 Å². The highest BCUT2D eigenvalue weighted by atomic mass is 16.5. The van der Waals surface area contributed by atoms with Gasteiger partial charge >= 0.3 is 0 Å². The number of nitrogens with zero attached hydrogens (tertiary/aromatic N) is 1. The number of hydrogen-bond acceptors (Lipinski definition) is 2. The molecule has 2 atom stereocenters. The summed E-state index contributed by atoms with van der Waals surface area (Å²) < 4.78 is 5.72. The summed E-state index contributed by atoms with van der Waals surface area (Å²) in [6.45, 7) is 5.80. The summed E-state index contributed by atoms with van der Waals surface area (Å²) in [5.41, 5.74) is 0. The first-order valence-corrected chi connectivity index (χ1v) is 4.73. The zero-order chi connectivity index (χ0) is 7.68. The lowest BCUT2D eigenvalue weighted by Gasteiger charge is -2.42. The first kappa shape index (κ1) is 7.56. The van der Waals surface area contributed by atoms with Crippen molar-refractivity contribution < 1.29 is 4.74 Å². The van der Waals surface area contributed by atoms with E-state index in [1.807, 2.05) is 0 Å². The van der Waals surface area contributed by atoms with Gasteiger partial charge in [-0.15, -0.1) is 0 Å². The fourth-order valence-corrected chi connectivity index (χ4v) is 2.23. The first-order valence-electron chi connectivity index (χ1n) is 4.73. The van der Waals surface area contributed by atoms with E-state index < -0.39 is 0 Å². The largest absolute Gasteiger partial charge is 0.363 e. The van der Waals surface area contributed by atoms with Gasteiger partial charge in [-0.05, 0) is 25.2 Å². The molecule has 0 aromatic heterocycles. The van der Waals surface area contributed by atoms with Gasteiger partial charge in [-0.1, -0.05) is 6.92 Å². The van der Waals surface area contributed by atoms with E-state index in [2.05, 4.69) is 11.8 Å². The van der Waals surface area contributed by atoms with Crippen LogP contribution < -0.4 is 0 Å². The van der Waals surface area contributed by atoms with Gasteiger partial charge in [0.1, 0.15) is 6.23 Å². The molecule has 0 radical (unpaired) electrons. The number of ether oxygens (including phenoxy) is 1. The normalized spacial score (nSPS) is 40.1. The Balaban J connectivity index is 1.99. The summed E-state index contributed by atoms with van der Waals surface area (Å²) in [4.78, 5) is 2.50. The van der Waals surface area contributed by atoms with Crippen LogP contribution in [0.4, 0.5) is 0 Å². The van der Waals surface area contributed by atoms with Gasteiger partial charge in [-0.2, -0.15) is 0 Å². The van der Waals surface area contributed by atoms with Gasteiger partial charge in [0.2, 0.25) is 0 Å². The minimum absolute atomic E-state index is 0.456. The van der Waals surface area contributed by atoms with Crippen LogP contribution in [0.2, 0.25) is 0 Å². The zero-order valence-corrected chi connectivity index (χ0v) is 7.25. The van der Waals surface area contributed by atoms with Crippen LogP contribution >= 0.6 is 0 Å². The van der Waals surface area contributed by atoms with Gasteiger partial charge in [0.15, 0.2) is 0 Å². The third-order valence-electron chi connectivity index (χ3n) is 2.83. The summed E-state index contributed by atoms with van der Waals surface area (Å²) in [5, 5.41) is 0. The predicted octanol–water partition coefficient (Wildman–Crippen LogP) is 1.46. The molecule has 0 aliphatic carbocycles. The SMILES string of the molecule is C[C@H]1CCCN2CCCO[C@H]12. The van der Waals surface area contributed by atoms with Crippen molar-refractivity contribution in [3.05, 3.63) is 0 Å². The molecule has 2 rings (SSSR count). The van der Waals surface area contributed by atoms with Crippen molar-refractivity contribution in [2.45, 2.75) is 32.4 Å². The standard InChI is InChI=1S/C9H17NO/c1-8-4-2-5-10-6-3-7-11-9(8)10/h8-9H,2-7H2,1H3/t8-,9+/m0/s1. The molecule has 0 unspecified atom stereocenters. The minimum atomic E-state index is 0.456. The Hall–Kier alpha value is -0.0800. The highest BCUT2D eigenvalue weighted by molar-refractivity contribution is 4.77. The predicted molar refractivity (Wildman–Crippen MR) is 44.3 cm³/mol. The molecule has 2 nitrogen and oxygen atoms in total. The quantitative estimate of drug-likeness (QED) is 0.525. The second-order valence-corrected chi connectivity index (χ2v) is 3.77. The average molecular weight is 155 g/mol. The molecule has 0 N–H and O–H groups in total. The Kier molecular flexibility index (Phi) is 2.14. The van der Waals surface area contributed by atoms with E-state index in [0.29, 0.717) is 6.23 Å². The molecule has 0 bridgehead atoms. The minimum Gasteiger partial charge on any atom is -0.363 e. The average Bonchev–Trinajstić information content (AvgIpc) is 2.06. The van der Waals surface area contributed by atoms with Crippen molar-refractivity contribution in [3.63, 3.8) is 0 Å². The summed E-state index contributed by atoms with van der Waals surface area (Å²) in [5.74, 6) is 0.754. The lowest BCUT2D eigenvalue weighted by molar-refractivity contribution is -0.138. The van der Waals surface area contributed by atoms with Crippen LogP contribution in [0.1, 0.15) is 26.2 Å². The smallest absolute Gasteiger partial charge is 0.113 e. The van der Waals surface area contributed by atoms with Gasteiger partial charge in [-0.3, -0.25) is 4.90 Å². The molecule has 0 amide bonds. The maximum atomic E-state index is 5.72. The Morgan fingerprint density at radius 1 is 1.27 bits per heavy atom. The van der Waals surface area contributed by atoms with Crippen LogP contribution in [0.15, 0.2) is 0 Å². The van der Waals surface area contributed by atoms with Gasteiger partial charge in [0.05, 0.1) is 0 Å². The maximum absolute atomic E-state index is 5.72. The molecular weight excluding hydrogens is 138 g/mol. The van der Waals surface area contributed by atoms with Crippen molar-refractivity contribution in [1.29, 1.82) is 0 Å². The van der Waals surface area contributed by atoms with Gasteiger partial charge < -0.3 is 4.74 Å². The van der Waals surface area contributed by atoms with Gasteiger partial charge in [-0.25, -0.2) is 0 Å². The Labute approximate surface area is 68.5 Å². The Bertz CT molecular complexity index is 136. The number of hydrogen-bond donors (Lipinski definition) is 0. The second kappa shape index (κ2) is 3.11. The van der Waals surface area contributed by atoms with Crippen LogP contribution in [-0.4, -0.2) is 30.8 Å². The molecule has 11 heavy (non-hydrogen) atoms. The third-order valence-corrected chi connectivity index (χ3v) is 2.83. The molecule has 0 spiro atoms. The molecule has 2 heteroatoms. The molecule has 2 aliphatic rings. The Morgan fingerprint density at radius 2 is 2.09 bits per heavy atom. The summed E-state index contributed by atoms with van der Waals surface area (Å²) in [7, 11) is 0. The molecule has 2 saturated heterocycles. The lowest BCUT2D eigenvalue weighted by atomic mass is 9.97. The first-order chi connectivity index (χ1) is 5.38. The second-order valence-electron chi connectivity index (χ2n) is 3.77. The van der Waals surface area contributed by atoms with Crippen molar-refractivity contribution in [1.82, 2.24) is 4.90 Å².